The number of rotatable bonds is 5. The molecule has 2 aromatic heterocycles. The Morgan fingerprint density at radius 2 is 2.22 bits per heavy atom. The van der Waals surface area contributed by atoms with Crippen molar-refractivity contribution in [3.05, 3.63) is 30.2 Å². The number of carbonyl (C=O) groups excluding carboxylic acids is 1. The molecule has 0 saturated heterocycles. The molecule has 1 aliphatic carbocycles. The number of hydrogen-bond donors (Lipinski definition) is 0. The average Bonchev–Trinajstić information content (AvgIpc) is 3.10. The van der Waals surface area contributed by atoms with Gasteiger partial charge in [0.25, 0.3) is 0 Å². The molecule has 118 valence electrons. The quantitative estimate of drug-likeness (QED) is 0.520. The summed E-state index contributed by atoms with van der Waals surface area (Å²) in [6.07, 6.45) is 2.09. The number of para-hydroxylation sites is 2. The minimum atomic E-state index is 0.0270. The van der Waals surface area contributed by atoms with Gasteiger partial charge in [0.15, 0.2) is 9.92 Å². The summed E-state index contributed by atoms with van der Waals surface area (Å²) in [5.74, 6) is 1.28. The molecule has 3 aromatic rings. The van der Waals surface area contributed by atoms with Crippen LogP contribution in [0.4, 0.5) is 5.13 Å². The van der Waals surface area contributed by atoms with Gasteiger partial charge < -0.3 is 4.42 Å². The molecule has 1 aromatic carbocycles. The van der Waals surface area contributed by atoms with Crippen LogP contribution >= 0.6 is 23.1 Å². The molecule has 0 bridgehead atoms. The first-order chi connectivity index (χ1) is 11.2. The number of nitrogens with zero attached hydrogens (tertiary/aromatic N) is 4. The van der Waals surface area contributed by atoms with Crippen molar-refractivity contribution in [1.29, 1.82) is 0 Å². The van der Waals surface area contributed by atoms with Crippen LogP contribution in [0.25, 0.3) is 11.1 Å². The highest BCUT2D eigenvalue weighted by Crippen LogP contribution is 2.36. The summed E-state index contributed by atoms with van der Waals surface area (Å²) in [6.45, 7) is 1.57. The summed E-state index contributed by atoms with van der Waals surface area (Å²) in [6, 6.07) is 7.99. The second kappa shape index (κ2) is 5.93. The molecule has 1 aliphatic rings. The van der Waals surface area contributed by atoms with E-state index in [0.29, 0.717) is 22.8 Å². The highest BCUT2D eigenvalue weighted by molar-refractivity contribution is 8.00. The molecule has 0 radical (unpaired) electrons. The Hall–Kier alpha value is -1.93. The molecule has 23 heavy (non-hydrogen) atoms. The van der Waals surface area contributed by atoms with Crippen molar-refractivity contribution in [3.63, 3.8) is 0 Å². The molecule has 0 spiro atoms. The molecule has 8 heteroatoms. The summed E-state index contributed by atoms with van der Waals surface area (Å²) < 4.78 is 6.50. The molecule has 2 heterocycles. The highest BCUT2D eigenvalue weighted by Gasteiger charge is 2.34. The van der Waals surface area contributed by atoms with Gasteiger partial charge in [-0.1, -0.05) is 35.2 Å². The van der Waals surface area contributed by atoms with Gasteiger partial charge in [-0.2, -0.15) is 0 Å². The standard InChI is InChI=1S/C15H14N4O2S2/c1-9(20)19(10-6-7-10)14-17-18-15(23-14)22-8-13-16-11-4-2-3-5-12(11)21-13/h2-5,10H,6-8H2,1H3. The molecule has 0 atom stereocenters. The molecule has 0 N–H and O–H groups in total. The van der Waals surface area contributed by atoms with Crippen LogP contribution in [0.3, 0.4) is 0 Å². The van der Waals surface area contributed by atoms with E-state index in [1.165, 1.54) is 23.1 Å². The fourth-order valence-electron chi connectivity index (χ4n) is 2.34. The van der Waals surface area contributed by atoms with E-state index in [-0.39, 0.29) is 5.91 Å². The van der Waals surface area contributed by atoms with Crippen molar-refractivity contribution in [2.45, 2.75) is 35.9 Å². The lowest BCUT2D eigenvalue weighted by Crippen LogP contribution is -2.30. The third-order valence-corrected chi connectivity index (χ3v) is 5.55. The van der Waals surface area contributed by atoms with Gasteiger partial charge >= 0.3 is 0 Å². The van der Waals surface area contributed by atoms with Gasteiger partial charge in [-0.3, -0.25) is 9.69 Å². The fraction of sp³-hybridized carbons (Fsp3) is 0.333. The van der Waals surface area contributed by atoms with E-state index in [2.05, 4.69) is 15.2 Å². The molecule has 1 amide bonds. The zero-order chi connectivity index (χ0) is 15.8. The molecule has 0 unspecified atom stereocenters. The summed E-state index contributed by atoms with van der Waals surface area (Å²) in [5, 5.41) is 9.00. The lowest BCUT2D eigenvalue weighted by Gasteiger charge is -2.15. The number of aromatic nitrogens is 3. The van der Waals surface area contributed by atoms with Crippen LogP contribution in [0, 0.1) is 0 Å². The van der Waals surface area contributed by atoms with E-state index < -0.39 is 0 Å². The molecule has 1 saturated carbocycles. The first kappa shape index (κ1) is 14.6. The minimum Gasteiger partial charge on any atom is -0.440 e. The third kappa shape index (κ3) is 3.09. The molecule has 6 nitrogen and oxygen atoms in total. The summed E-state index contributed by atoms with van der Waals surface area (Å²) in [7, 11) is 0. The fourth-order valence-corrected chi connectivity index (χ4v) is 4.14. The van der Waals surface area contributed by atoms with Gasteiger partial charge in [-0.15, -0.1) is 10.2 Å². The number of carbonyl (C=O) groups is 1. The highest BCUT2D eigenvalue weighted by atomic mass is 32.2. The number of anilines is 1. The smallest absolute Gasteiger partial charge is 0.225 e. The zero-order valence-electron chi connectivity index (χ0n) is 12.4. The first-order valence-corrected chi connectivity index (χ1v) is 9.11. The maximum Gasteiger partial charge on any atom is 0.225 e. The van der Waals surface area contributed by atoms with Gasteiger partial charge in [0.05, 0.1) is 5.75 Å². The molecule has 4 rings (SSSR count). The van der Waals surface area contributed by atoms with E-state index in [4.69, 9.17) is 4.42 Å². The maximum atomic E-state index is 11.7. The van der Waals surface area contributed by atoms with E-state index >= 15 is 0 Å². The van der Waals surface area contributed by atoms with Gasteiger partial charge in [0.2, 0.25) is 16.9 Å². The van der Waals surface area contributed by atoms with Crippen LogP contribution in [0.15, 0.2) is 33.0 Å². The second-order valence-electron chi connectivity index (χ2n) is 5.33. The van der Waals surface area contributed by atoms with Crippen molar-refractivity contribution in [3.8, 4) is 0 Å². The maximum absolute atomic E-state index is 11.7. The number of amides is 1. The van der Waals surface area contributed by atoms with Crippen LogP contribution in [0.2, 0.25) is 0 Å². The van der Waals surface area contributed by atoms with Crippen LogP contribution in [0.1, 0.15) is 25.7 Å². The third-order valence-electron chi connectivity index (χ3n) is 3.51. The Morgan fingerprint density at radius 3 is 2.96 bits per heavy atom. The normalized spacial score (nSPS) is 14.3. The minimum absolute atomic E-state index is 0.0270. The first-order valence-electron chi connectivity index (χ1n) is 7.31. The lowest BCUT2D eigenvalue weighted by atomic mass is 10.3. The summed E-state index contributed by atoms with van der Waals surface area (Å²) >= 11 is 2.96. The van der Waals surface area contributed by atoms with Crippen molar-refractivity contribution in [1.82, 2.24) is 15.2 Å². The topological polar surface area (TPSA) is 72.1 Å². The van der Waals surface area contributed by atoms with Crippen LogP contribution in [0.5, 0.6) is 0 Å². The lowest BCUT2D eigenvalue weighted by molar-refractivity contribution is -0.116. The molecular weight excluding hydrogens is 332 g/mol. The second-order valence-corrected chi connectivity index (χ2v) is 7.51. The van der Waals surface area contributed by atoms with E-state index in [1.54, 1.807) is 11.8 Å². The number of oxazole rings is 1. The summed E-state index contributed by atoms with van der Waals surface area (Å²) in [4.78, 5) is 17.9. The Balaban J connectivity index is 1.46. The van der Waals surface area contributed by atoms with Crippen LogP contribution in [-0.4, -0.2) is 27.1 Å². The Labute approximate surface area is 140 Å². The SMILES string of the molecule is CC(=O)N(c1nnc(SCc2nc3ccccc3o2)s1)C1CC1. The number of hydrogen-bond acceptors (Lipinski definition) is 7. The van der Waals surface area contributed by atoms with Gasteiger partial charge in [0, 0.05) is 13.0 Å². The molecular formula is C15H14N4O2S2. The predicted octanol–water partition coefficient (Wildman–Crippen LogP) is 3.49. The monoisotopic (exact) mass is 346 g/mol. The largest absolute Gasteiger partial charge is 0.440 e. The van der Waals surface area contributed by atoms with E-state index in [0.717, 1.165) is 28.3 Å². The number of benzene rings is 1. The predicted molar refractivity (Wildman–Crippen MR) is 89.7 cm³/mol. The van der Waals surface area contributed by atoms with Gasteiger partial charge in [-0.05, 0) is 25.0 Å². The number of thioether (sulfide) groups is 1. The van der Waals surface area contributed by atoms with E-state index in [1.807, 2.05) is 24.3 Å². The van der Waals surface area contributed by atoms with Crippen molar-refractivity contribution < 1.29 is 9.21 Å². The Morgan fingerprint density at radius 1 is 1.39 bits per heavy atom. The molecule has 0 aliphatic heterocycles. The Bertz CT molecular complexity index is 823. The van der Waals surface area contributed by atoms with Crippen LogP contribution in [-0.2, 0) is 10.5 Å². The van der Waals surface area contributed by atoms with Crippen molar-refractivity contribution in [2.75, 3.05) is 4.90 Å². The van der Waals surface area contributed by atoms with Crippen molar-refractivity contribution in [2.24, 2.45) is 0 Å². The van der Waals surface area contributed by atoms with E-state index in [9.17, 15) is 4.79 Å². The summed E-state index contributed by atoms with van der Waals surface area (Å²) in [5.41, 5.74) is 1.65. The zero-order valence-corrected chi connectivity index (χ0v) is 14.1. The Kier molecular flexibility index (Phi) is 3.78. The van der Waals surface area contributed by atoms with Crippen LogP contribution < -0.4 is 4.90 Å². The van der Waals surface area contributed by atoms with Crippen molar-refractivity contribution >= 4 is 45.2 Å². The van der Waals surface area contributed by atoms with Gasteiger partial charge in [-0.25, -0.2) is 4.98 Å². The van der Waals surface area contributed by atoms with Gasteiger partial charge in [0.1, 0.15) is 5.52 Å². The average molecular weight is 346 g/mol. The molecule has 1 fully saturated rings. The number of fused-ring (bicyclic) bond motifs is 1.